The molecule has 90 valence electrons. The molecular weight excluding hydrogens is 238 g/mol. The van der Waals surface area contributed by atoms with Gasteiger partial charge in [-0.3, -0.25) is 0 Å². The Morgan fingerprint density at radius 3 is 2.61 bits per heavy atom. The Bertz CT molecular complexity index is 589. The number of hydrogen-bond acceptors (Lipinski definition) is 2. The average molecular weight is 253 g/mol. The topological polar surface area (TPSA) is 3.24 Å². The summed E-state index contributed by atoms with van der Waals surface area (Å²) in [6.07, 6.45) is 0. The summed E-state index contributed by atoms with van der Waals surface area (Å²) in [6.45, 7) is 5.13. The summed E-state index contributed by atoms with van der Waals surface area (Å²) in [5, 5.41) is 0. The smallest absolute Gasteiger partial charge is 0.0455 e. The predicted molar refractivity (Wildman–Crippen MR) is 79.3 cm³/mol. The zero-order valence-corrected chi connectivity index (χ0v) is 11.2. The van der Waals surface area contributed by atoms with E-state index in [9.17, 15) is 0 Å². The fourth-order valence-electron chi connectivity index (χ4n) is 2.34. The number of likely N-dealkylation sites (N-methyl/N-ethyl adjacent to an activating group) is 1. The molecule has 0 aliphatic carbocycles. The molecule has 0 fully saturated rings. The lowest BCUT2D eigenvalue weighted by molar-refractivity contribution is 1.09. The largest absolute Gasteiger partial charge is 0.370 e. The van der Waals surface area contributed by atoms with Crippen molar-refractivity contribution < 1.29 is 0 Å². The van der Waals surface area contributed by atoms with Crippen molar-refractivity contribution in [3.05, 3.63) is 60.7 Å². The second-order valence-corrected chi connectivity index (χ2v) is 5.64. The van der Waals surface area contributed by atoms with Crippen LogP contribution in [0, 0.1) is 0 Å². The van der Waals surface area contributed by atoms with Crippen molar-refractivity contribution in [2.75, 3.05) is 18.5 Å². The van der Waals surface area contributed by atoms with Crippen molar-refractivity contribution in [2.24, 2.45) is 0 Å². The Labute approximate surface area is 112 Å². The number of benzene rings is 2. The van der Waals surface area contributed by atoms with Crippen LogP contribution in [0.1, 0.15) is 5.56 Å². The first kappa shape index (κ1) is 11.4. The standard InChI is InChI=1S/C16H15NS/c1-12-11-17(2)14-9-6-10-15(16(12)14)18-13-7-4-3-5-8-13/h3-10H,1,11H2,2H3. The molecule has 0 atom stereocenters. The Morgan fingerprint density at radius 2 is 1.83 bits per heavy atom. The summed E-state index contributed by atoms with van der Waals surface area (Å²) in [5.74, 6) is 0. The summed E-state index contributed by atoms with van der Waals surface area (Å²) in [6, 6.07) is 17.0. The molecule has 2 heteroatoms. The summed E-state index contributed by atoms with van der Waals surface area (Å²) in [7, 11) is 2.12. The molecule has 2 aromatic rings. The molecule has 18 heavy (non-hydrogen) atoms. The van der Waals surface area contributed by atoms with Crippen LogP contribution >= 0.6 is 11.8 Å². The highest BCUT2D eigenvalue weighted by molar-refractivity contribution is 7.99. The maximum absolute atomic E-state index is 4.19. The SMILES string of the molecule is C=C1CN(C)c2cccc(Sc3ccccc3)c21. The Balaban J connectivity index is 2.02. The first-order valence-electron chi connectivity index (χ1n) is 6.01. The number of hydrogen-bond donors (Lipinski definition) is 0. The van der Waals surface area contributed by atoms with Crippen LogP contribution in [-0.4, -0.2) is 13.6 Å². The normalized spacial score (nSPS) is 13.8. The van der Waals surface area contributed by atoms with Gasteiger partial charge in [0.2, 0.25) is 0 Å². The number of fused-ring (bicyclic) bond motifs is 1. The average Bonchev–Trinajstić information content (AvgIpc) is 2.67. The summed E-state index contributed by atoms with van der Waals surface area (Å²) in [5.41, 5.74) is 3.82. The highest BCUT2D eigenvalue weighted by atomic mass is 32.2. The van der Waals surface area contributed by atoms with E-state index >= 15 is 0 Å². The van der Waals surface area contributed by atoms with Crippen molar-refractivity contribution in [2.45, 2.75) is 9.79 Å². The molecule has 1 nitrogen and oxygen atoms in total. The number of anilines is 1. The summed E-state index contributed by atoms with van der Waals surface area (Å²) in [4.78, 5) is 4.83. The fourth-order valence-corrected chi connectivity index (χ4v) is 3.39. The number of nitrogens with zero attached hydrogens (tertiary/aromatic N) is 1. The maximum Gasteiger partial charge on any atom is 0.0455 e. The van der Waals surface area contributed by atoms with Crippen LogP contribution in [0.2, 0.25) is 0 Å². The molecule has 0 bridgehead atoms. The van der Waals surface area contributed by atoms with Crippen LogP contribution in [0.15, 0.2) is 64.9 Å². The second-order valence-electron chi connectivity index (χ2n) is 4.53. The van der Waals surface area contributed by atoms with Crippen molar-refractivity contribution >= 4 is 23.0 Å². The second kappa shape index (κ2) is 4.54. The lowest BCUT2D eigenvalue weighted by atomic mass is 10.1. The van der Waals surface area contributed by atoms with Gasteiger partial charge in [-0.1, -0.05) is 42.6 Å². The van der Waals surface area contributed by atoms with E-state index in [1.165, 1.54) is 26.6 Å². The van der Waals surface area contributed by atoms with Crippen LogP contribution in [0.4, 0.5) is 5.69 Å². The van der Waals surface area contributed by atoms with Gasteiger partial charge in [0, 0.05) is 34.6 Å². The van der Waals surface area contributed by atoms with E-state index in [-0.39, 0.29) is 0 Å². The molecule has 1 heterocycles. The molecule has 0 saturated heterocycles. The van der Waals surface area contributed by atoms with E-state index in [0.717, 1.165) is 6.54 Å². The molecule has 2 aromatic carbocycles. The van der Waals surface area contributed by atoms with Crippen molar-refractivity contribution in [1.29, 1.82) is 0 Å². The minimum absolute atomic E-state index is 0.932. The van der Waals surface area contributed by atoms with Crippen LogP contribution in [0.3, 0.4) is 0 Å². The van der Waals surface area contributed by atoms with Gasteiger partial charge in [-0.25, -0.2) is 0 Å². The van der Waals surface area contributed by atoms with Gasteiger partial charge >= 0.3 is 0 Å². The highest BCUT2D eigenvalue weighted by Gasteiger charge is 2.22. The minimum atomic E-state index is 0.932. The quantitative estimate of drug-likeness (QED) is 0.785. The van der Waals surface area contributed by atoms with Gasteiger partial charge in [0.15, 0.2) is 0 Å². The van der Waals surface area contributed by atoms with Gasteiger partial charge in [-0.05, 0) is 29.8 Å². The third-order valence-electron chi connectivity index (χ3n) is 3.17. The fraction of sp³-hybridized carbons (Fsp3) is 0.125. The predicted octanol–water partition coefficient (Wildman–Crippen LogP) is 4.30. The molecule has 1 aliphatic heterocycles. The van der Waals surface area contributed by atoms with Gasteiger partial charge < -0.3 is 4.90 Å². The van der Waals surface area contributed by atoms with E-state index in [4.69, 9.17) is 0 Å². The Morgan fingerprint density at radius 1 is 1.06 bits per heavy atom. The lowest BCUT2D eigenvalue weighted by Crippen LogP contribution is -2.11. The van der Waals surface area contributed by atoms with Gasteiger partial charge in [0.1, 0.15) is 0 Å². The van der Waals surface area contributed by atoms with E-state index in [1.807, 2.05) is 17.8 Å². The Hall–Kier alpha value is -1.67. The minimum Gasteiger partial charge on any atom is -0.370 e. The van der Waals surface area contributed by atoms with Crippen molar-refractivity contribution in [1.82, 2.24) is 0 Å². The highest BCUT2D eigenvalue weighted by Crippen LogP contribution is 2.42. The molecule has 0 radical (unpaired) electrons. The van der Waals surface area contributed by atoms with Gasteiger partial charge in [-0.15, -0.1) is 0 Å². The van der Waals surface area contributed by atoms with Gasteiger partial charge in [0.05, 0.1) is 0 Å². The van der Waals surface area contributed by atoms with Crippen LogP contribution in [0.5, 0.6) is 0 Å². The molecule has 0 saturated carbocycles. The van der Waals surface area contributed by atoms with E-state index < -0.39 is 0 Å². The van der Waals surface area contributed by atoms with Crippen LogP contribution in [0.25, 0.3) is 5.57 Å². The summed E-state index contributed by atoms with van der Waals surface area (Å²) < 4.78 is 0. The summed E-state index contributed by atoms with van der Waals surface area (Å²) >= 11 is 1.81. The van der Waals surface area contributed by atoms with Gasteiger partial charge in [0.25, 0.3) is 0 Å². The lowest BCUT2D eigenvalue weighted by Gasteiger charge is -2.12. The first-order chi connectivity index (χ1) is 8.75. The molecule has 3 rings (SSSR count). The van der Waals surface area contributed by atoms with Crippen LogP contribution < -0.4 is 4.90 Å². The van der Waals surface area contributed by atoms with E-state index in [0.29, 0.717) is 0 Å². The van der Waals surface area contributed by atoms with Crippen molar-refractivity contribution in [3.63, 3.8) is 0 Å². The zero-order valence-electron chi connectivity index (χ0n) is 10.4. The van der Waals surface area contributed by atoms with Gasteiger partial charge in [-0.2, -0.15) is 0 Å². The zero-order chi connectivity index (χ0) is 12.5. The Kier molecular flexibility index (Phi) is 2.88. The first-order valence-corrected chi connectivity index (χ1v) is 6.82. The molecule has 0 spiro atoms. The van der Waals surface area contributed by atoms with Crippen LogP contribution in [-0.2, 0) is 0 Å². The molecular formula is C16H15NS. The van der Waals surface area contributed by atoms with E-state index in [2.05, 4.69) is 61.0 Å². The third kappa shape index (κ3) is 1.93. The number of rotatable bonds is 2. The van der Waals surface area contributed by atoms with Crippen molar-refractivity contribution in [3.8, 4) is 0 Å². The molecule has 0 amide bonds. The molecule has 0 N–H and O–H groups in total. The molecule has 0 unspecified atom stereocenters. The molecule has 0 aromatic heterocycles. The van der Waals surface area contributed by atoms with E-state index in [1.54, 1.807) is 0 Å². The monoisotopic (exact) mass is 253 g/mol. The maximum atomic E-state index is 4.19. The third-order valence-corrected chi connectivity index (χ3v) is 4.24. The molecule has 1 aliphatic rings.